The molecular weight excluding hydrogens is 424 g/mol. The van der Waals surface area contributed by atoms with Crippen molar-refractivity contribution < 1.29 is 19.1 Å². The second-order valence-corrected chi connectivity index (χ2v) is 8.96. The fourth-order valence-corrected chi connectivity index (χ4v) is 4.74. The summed E-state index contributed by atoms with van der Waals surface area (Å²) in [5.74, 6) is -1.08. The fourth-order valence-electron chi connectivity index (χ4n) is 3.91. The standard InChI is InChI=1S/C25H24N2O4S/c1-15(2)31-23(28)14-26-24(29)22(32-25(26)30)13-19-12-16(3)27(17(19)4)21-11-7-9-18-8-5-6-10-20(18)21/h5-13,15H,14H2,1-4H3/b22-13-. The van der Waals surface area contributed by atoms with Crippen molar-refractivity contribution in [2.75, 3.05) is 6.54 Å². The highest BCUT2D eigenvalue weighted by Crippen LogP contribution is 2.34. The lowest BCUT2D eigenvalue weighted by Gasteiger charge is -2.13. The Balaban J connectivity index is 1.67. The minimum atomic E-state index is -0.599. The lowest BCUT2D eigenvalue weighted by molar-refractivity contribution is -0.149. The van der Waals surface area contributed by atoms with Gasteiger partial charge in [0.05, 0.1) is 16.7 Å². The van der Waals surface area contributed by atoms with E-state index in [0.717, 1.165) is 50.1 Å². The minimum Gasteiger partial charge on any atom is -0.462 e. The predicted octanol–water partition coefficient (Wildman–Crippen LogP) is 5.24. The molecule has 164 valence electrons. The normalized spacial score (nSPS) is 15.4. The number of thioether (sulfide) groups is 1. The Morgan fingerprint density at radius 2 is 1.81 bits per heavy atom. The molecule has 7 heteroatoms. The van der Waals surface area contributed by atoms with Gasteiger partial charge in [-0.05, 0) is 68.6 Å². The van der Waals surface area contributed by atoms with Gasteiger partial charge in [0.15, 0.2) is 0 Å². The van der Waals surface area contributed by atoms with Gasteiger partial charge in [-0.15, -0.1) is 0 Å². The molecule has 0 spiro atoms. The molecule has 6 nitrogen and oxygen atoms in total. The van der Waals surface area contributed by atoms with E-state index in [4.69, 9.17) is 4.74 Å². The van der Waals surface area contributed by atoms with Crippen LogP contribution >= 0.6 is 11.8 Å². The van der Waals surface area contributed by atoms with Crippen LogP contribution in [0.4, 0.5) is 4.79 Å². The molecule has 32 heavy (non-hydrogen) atoms. The maximum atomic E-state index is 12.8. The van der Waals surface area contributed by atoms with Gasteiger partial charge in [0.25, 0.3) is 11.1 Å². The van der Waals surface area contributed by atoms with Crippen LogP contribution in [0.5, 0.6) is 0 Å². The molecule has 0 radical (unpaired) electrons. The Morgan fingerprint density at radius 1 is 1.09 bits per heavy atom. The second-order valence-electron chi connectivity index (χ2n) is 7.97. The van der Waals surface area contributed by atoms with Gasteiger partial charge in [-0.1, -0.05) is 36.4 Å². The summed E-state index contributed by atoms with van der Waals surface area (Å²) in [4.78, 5) is 38.3. The summed E-state index contributed by atoms with van der Waals surface area (Å²) < 4.78 is 7.22. The molecule has 2 amide bonds. The minimum absolute atomic E-state index is 0.297. The number of benzene rings is 2. The van der Waals surface area contributed by atoms with Crippen LogP contribution in [-0.4, -0.2) is 39.2 Å². The van der Waals surface area contributed by atoms with Crippen LogP contribution in [-0.2, 0) is 14.3 Å². The molecule has 1 saturated heterocycles. The molecule has 4 rings (SSSR count). The van der Waals surface area contributed by atoms with Crippen LogP contribution in [0.1, 0.15) is 30.8 Å². The molecule has 2 heterocycles. The van der Waals surface area contributed by atoms with Crippen molar-refractivity contribution in [1.82, 2.24) is 9.47 Å². The molecule has 0 aliphatic carbocycles. The Labute approximate surface area is 190 Å². The summed E-state index contributed by atoms with van der Waals surface area (Å²) in [6.45, 7) is 7.06. The van der Waals surface area contributed by atoms with Crippen LogP contribution < -0.4 is 0 Å². The van der Waals surface area contributed by atoms with Crippen LogP contribution in [0.2, 0.25) is 0 Å². The van der Waals surface area contributed by atoms with Crippen molar-refractivity contribution >= 4 is 45.7 Å². The van der Waals surface area contributed by atoms with E-state index < -0.39 is 17.1 Å². The van der Waals surface area contributed by atoms with Gasteiger partial charge in [0.2, 0.25) is 0 Å². The lowest BCUT2D eigenvalue weighted by atomic mass is 10.1. The highest BCUT2D eigenvalue weighted by Gasteiger charge is 2.37. The van der Waals surface area contributed by atoms with E-state index in [9.17, 15) is 14.4 Å². The summed E-state index contributed by atoms with van der Waals surface area (Å²) in [5.41, 5.74) is 3.89. The number of carbonyl (C=O) groups is 3. The molecule has 1 fully saturated rings. The van der Waals surface area contributed by atoms with E-state index in [2.05, 4.69) is 28.8 Å². The topological polar surface area (TPSA) is 68.6 Å². The molecule has 0 atom stereocenters. The maximum Gasteiger partial charge on any atom is 0.326 e. The van der Waals surface area contributed by atoms with Crippen LogP contribution in [0.15, 0.2) is 53.4 Å². The first-order valence-corrected chi connectivity index (χ1v) is 11.2. The third-order valence-corrected chi connectivity index (χ3v) is 6.20. The zero-order chi connectivity index (χ0) is 23.0. The highest BCUT2D eigenvalue weighted by atomic mass is 32.2. The van der Waals surface area contributed by atoms with Crippen molar-refractivity contribution in [1.29, 1.82) is 0 Å². The molecule has 1 aromatic heterocycles. The number of hydrogen-bond donors (Lipinski definition) is 0. The van der Waals surface area contributed by atoms with Crippen molar-refractivity contribution in [3.63, 3.8) is 0 Å². The number of fused-ring (bicyclic) bond motifs is 1. The quantitative estimate of drug-likeness (QED) is 0.395. The molecule has 0 bridgehead atoms. The molecule has 0 unspecified atom stereocenters. The lowest BCUT2D eigenvalue weighted by Crippen LogP contribution is -2.35. The zero-order valence-electron chi connectivity index (χ0n) is 18.4. The van der Waals surface area contributed by atoms with Crippen LogP contribution in [0, 0.1) is 13.8 Å². The molecule has 2 aromatic carbocycles. The number of nitrogens with zero attached hydrogens (tertiary/aromatic N) is 2. The summed E-state index contributed by atoms with van der Waals surface area (Å²) in [5, 5.41) is 1.81. The third kappa shape index (κ3) is 4.08. The Kier molecular flexibility index (Phi) is 5.93. The summed E-state index contributed by atoms with van der Waals surface area (Å²) in [6.07, 6.45) is 1.42. The average molecular weight is 449 g/mol. The number of ether oxygens (including phenoxy) is 1. The zero-order valence-corrected chi connectivity index (χ0v) is 19.2. The van der Waals surface area contributed by atoms with Crippen molar-refractivity contribution in [2.45, 2.75) is 33.8 Å². The highest BCUT2D eigenvalue weighted by molar-refractivity contribution is 8.18. The Bertz CT molecular complexity index is 1270. The monoisotopic (exact) mass is 448 g/mol. The number of aromatic nitrogens is 1. The maximum absolute atomic E-state index is 12.8. The van der Waals surface area contributed by atoms with E-state index in [0.29, 0.717) is 4.91 Å². The number of amides is 2. The van der Waals surface area contributed by atoms with E-state index in [-0.39, 0.29) is 12.6 Å². The van der Waals surface area contributed by atoms with Gasteiger partial charge in [-0.25, -0.2) is 0 Å². The van der Waals surface area contributed by atoms with Crippen molar-refractivity contribution in [3.05, 3.63) is 70.4 Å². The van der Waals surface area contributed by atoms with Gasteiger partial charge < -0.3 is 9.30 Å². The first-order valence-electron chi connectivity index (χ1n) is 10.4. The SMILES string of the molecule is Cc1cc(/C=C2\SC(=O)N(CC(=O)OC(C)C)C2=O)c(C)n1-c1cccc2ccccc12. The van der Waals surface area contributed by atoms with E-state index >= 15 is 0 Å². The van der Waals surface area contributed by atoms with Gasteiger partial charge in [0, 0.05) is 16.8 Å². The van der Waals surface area contributed by atoms with Crippen molar-refractivity contribution in [3.8, 4) is 5.69 Å². The Hall–Kier alpha value is -3.32. The smallest absolute Gasteiger partial charge is 0.326 e. The average Bonchev–Trinajstić information content (AvgIpc) is 3.16. The van der Waals surface area contributed by atoms with E-state index in [1.165, 1.54) is 0 Å². The number of imide groups is 1. The summed E-state index contributed by atoms with van der Waals surface area (Å²) >= 11 is 0.841. The van der Waals surface area contributed by atoms with E-state index in [1.807, 2.05) is 38.1 Å². The third-order valence-electron chi connectivity index (χ3n) is 5.29. The molecule has 1 aliphatic heterocycles. The first kappa shape index (κ1) is 21.9. The second kappa shape index (κ2) is 8.67. The number of esters is 1. The van der Waals surface area contributed by atoms with Gasteiger partial charge in [-0.3, -0.25) is 19.3 Å². The number of aryl methyl sites for hydroxylation is 1. The summed E-state index contributed by atoms with van der Waals surface area (Å²) in [7, 11) is 0. The molecular formula is C25H24N2O4S. The molecule has 3 aromatic rings. The number of rotatable bonds is 5. The predicted molar refractivity (Wildman–Crippen MR) is 127 cm³/mol. The molecule has 1 aliphatic rings. The van der Waals surface area contributed by atoms with E-state index in [1.54, 1.807) is 19.9 Å². The largest absolute Gasteiger partial charge is 0.462 e. The molecule has 0 N–H and O–H groups in total. The van der Waals surface area contributed by atoms with Crippen LogP contribution in [0.25, 0.3) is 22.5 Å². The number of carbonyl (C=O) groups excluding carboxylic acids is 3. The van der Waals surface area contributed by atoms with Gasteiger partial charge >= 0.3 is 5.97 Å². The summed E-state index contributed by atoms with van der Waals surface area (Å²) in [6, 6.07) is 16.4. The fraction of sp³-hybridized carbons (Fsp3) is 0.240. The Morgan fingerprint density at radius 3 is 2.56 bits per heavy atom. The van der Waals surface area contributed by atoms with Crippen LogP contribution in [0.3, 0.4) is 0 Å². The molecule has 0 saturated carbocycles. The first-order chi connectivity index (χ1) is 15.3. The number of hydrogen-bond acceptors (Lipinski definition) is 5. The van der Waals surface area contributed by atoms with Gasteiger partial charge in [-0.2, -0.15) is 0 Å². The van der Waals surface area contributed by atoms with Gasteiger partial charge in [0.1, 0.15) is 6.54 Å². The van der Waals surface area contributed by atoms with Crippen molar-refractivity contribution in [2.24, 2.45) is 0 Å².